The number of hydrogen-bond acceptors (Lipinski definition) is 3. The molecule has 1 aliphatic carbocycles. The Labute approximate surface area is 135 Å². The van der Waals surface area contributed by atoms with Crippen molar-refractivity contribution >= 4 is 11.2 Å². The van der Waals surface area contributed by atoms with Crippen LogP contribution in [0, 0.1) is 5.92 Å². The second kappa shape index (κ2) is 6.72. The smallest absolute Gasteiger partial charge is 0.332 e. The minimum absolute atomic E-state index is 0.231. The lowest BCUT2D eigenvalue weighted by atomic mass is 10.0. The van der Waals surface area contributed by atoms with Crippen molar-refractivity contribution in [1.82, 2.24) is 19.1 Å². The molecule has 23 heavy (non-hydrogen) atoms. The first-order valence-electron chi connectivity index (χ1n) is 8.87. The molecule has 1 N–H and O–H groups in total. The second-order valence-electron chi connectivity index (χ2n) is 6.63. The quantitative estimate of drug-likeness (QED) is 0.889. The lowest BCUT2D eigenvalue weighted by Gasteiger charge is -2.09. The number of aryl methyl sites for hydroxylation is 1. The van der Waals surface area contributed by atoms with Crippen molar-refractivity contribution in [3.05, 3.63) is 26.7 Å². The van der Waals surface area contributed by atoms with Gasteiger partial charge in [0.15, 0.2) is 5.65 Å². The predicted molar refractivity (Wildman–Crippen MR) is 90.9 cm³/mol. The van der Waals surface area contributed by atoms with E-state index in [1.807, 2.05) is 13.8 Å². The lowest BCUT2D eigenvalue weighted by Crippen LogP contribution is -2.40. The van der Waals surface area contributed by atoms with Gasteiger partial charge in [-0.1, -0.05) is 39.5 Å². The van der Waals surface area contributed by atoms with E-state index >= 15 is 0 Å². The fourth-order valence-electron chi connectivity index (χ4n) is 3.64. The van der Waals surface area contributed by atoms with Crippen LogP contribution >= 0.6 is 0 Å². The van der Waals surface area contributed by atoms with Crippen LogP contribution in [0.1, 0.15) is 58.2 Å². The zero-order valence-corrected chi connectivity index (χ0v) is 14.1. The summed E-state index contributed by atoms with van der Waals surface area (Å²) >= 11 is 0. The molecule has 126 valence electrons. The molecule has 0 saturated heterocycles. The second-order valence-corrected chi connectivity index (χ2v) is 6.63. The normalized spacial score (nSPS) is 15.7. The van der Waals surface area contributed by atoms with Gasteiger partial charge in [0.1, 0.15) is 11.3 Å². The Morgan fingerprint density at radius 1 is 1.09 bits per heavy atom. The summed E-state index contributed by atoms with van der Waals surface area (Å²) < 4.78 is 3.00. The molecule has 1 aliphatic rings. The number of H-pyrrole nitrogens is 1. The maximum absolute atomic E-state index is 12.6. The summed E-state index contributed by atoms with van der Waals surface area (Å²) in [4.78, 5) is 33.1. The van der Waals surface area contributed by atoms with Crippen LogP contribution in [-0.4, -0.2) is 19.1 Å². The maximum Gasteiger partial charge on any atom is 0.332 e. The van der Waals surface area contributed by atoms with Crippen molar-refractivity contribution < 1.29 is 0 Å². The standard InChI is InChI=1S/C17H26N4O2/c1-3-9-20-15-14(16(22)21(10-4-2)17(20)23)18-13(19-15)11-12-7-5-6-8-12/h12H,3-11H2,1-2H3,(H,18,19). The summed E-state index contributed by atoms with van der Waals surface area (Å²) in [6, 6.07) is 0. The highest BCUT2D eigenvalue weighted by Gasteiger charge is 2.20. The van der Waals surface area contributed by atoms with Crippen LogP contribution in [-0.2, 0) is 19.5 Å². The molecule has 0 atom stereocenters. The van der Waals surface area contributed by atoms with E-state index in [9.17, 15) is 9.59 Å². The molecule has 0 radical (unpaired) electrons. The molecule has 0 spiro atoms. The Hall–Kier alpha value is -1.85. The SMILES string of the molecule is CCCn1c(=O)c2[nH]c(CC3CCCC3)nc2n(CCC)c1=O. The molecular weight excluding hydrogens is 292 g/mol. The zero-order valence-electron chi connectivity index (χ0n) is 14.1. The van der Waals surface area contributed by atoms with Crippen molar-refractivity contribution in [3.8, 4) is 0 Å². The van der Waals surface area contributed by atoms with Crippen molar-refractivity contribution in [1.29, 1.82) is 0 Å². The molecule has 3 rings (SSSR count). The number of rotatable bonds is 6. The summed E-state index contributed by atoms with van der Waals surface area (Å²) in [7, 11) is 0. The summed E-state index contributed by atoms with van der Waals surface area (Å²) in [5.41, 5.74) is 0.552. The molecular formula is C17H26N4O2. The van der Waals surface area contributed by atoms with Crippen molar-refractivity contribution in [2.45, 2.75) is 71.9 Å². The van der Waals surface area contributed by atoms with Crippen LogP contribution < -0.4 is 11.2 Å². The van der Waals surface area contributed by atoms with Gasteiger partial charge in [-0.2, -0.15) is 0 Å². The number of nitrogens with zero attached hydrogens (tertiary/aromatic N) is 3. The van der Waals surface area contributed by atoms with Gasteiger partial charge in [-0.05, 0) is 18.8 Å². The minimum Gasteiger partial charge on any atom is -0.336 e. The highest BCUT2D eigenvalue weighted by molar-refractivity contribution is 5.69. The highest BCUT2D eigenvalue weighted by Crippen LogP contribution is 2.27. The van der Waals surface area contributed by atoms with Crippen LogP contribution in [0.15, 0.2) is 9.59 Å². The van der Waals surface area contributed by atoms with E-state index in [1.54, 1.807) is 4.57 Å². The van der Waals surface area contributed by atoms with E-state index in [4.69, 9.17) is 0 Å². The van der Waals surface area contributed by atoms with Gasteiger partial charge in [0.25, 0.3) is 5.56 Å². The Morgan fingerprint density at radius 3 is 2.39 bits per heavy atom. The highest BCUT2D eigenvalue weighted by atomic mass is 16.2. The number of imidazole rings is 1. The van der Waals surface area contributed by atoms with E-state index in [0.29, 0.717) is 30.2 Å². The van der Waals surface area contributed by atoms with Crippen LogP contribution in [0.5, 0.6) is 0 Å². The zero-order chi connectivity index (χ0) is 16.4. The molecule has 2 aromatic rings. The van der Waals surface area contributed by atoms with Gasteiger partial charge in [-0.15, -0.1) is 0 Å². The number of fused-ring (bicyclic) bond motifs is 1. The third-order valence-electron chi connectivity index (χ3n) is 4.76. The van der Waals surface area contributed by atoms with Crippen LogP contribution in [0.3, 0.4) is 0 Å². The van der Waals surface area contributed by atoms with Gasteiger partial charge in [0, 0.05) is 19.5 Å². The van der Waals surface area contributed by atoms with E-state index in [2.05, 4.69) is 9.97 Å². The molecule has 2 heterocycles. The first kappa shape index (κ1) is 16.0. The van der Waals surface area contributed by atoms with E-state index in [-0.39, 0.29) is 11.2 Å². The van der Waals surface area contributed by atoms with Gasteiger partial charge in [-0.25, -0.2) is 9.78 Å². The van der Waals surface area contributed by atoms with E-state index in [0.717, 1.165) is 25.1 Å². The number of aromatic nitrogens is 4. The third kappa shape index (κ3) is 2.99. The summed E-state index contributed by atoms with van der Waals surface area (Å²) in [5.74, 6) is 1.50. The molecule has 0 aliphatic heterocycles. The first-order chi connectivity index (χ1) is 11.2. The van der Waals surface area contributed by atoms with Gasteiger partial charge >= 0.3 is 5.69 Å². The largest absolute Gasteiger partial charge is 0.336 e. The van der Waals surface area contributed by atoms with Crippen LogP contribution in [0.4, 0.5) is 0 Å². The number of nitrogens with one attached hydrogen (secondary N) is 1. The lowest BCUT2D eigenvalue weighted by molar-refractivity contribution is 0.533. The Morgan fingerprint density at radius 2 is 1.74 bits per heavy atom. The molecule has 2 aromatic heterocycles. The molecule has 1 saturated carbocycles. The first-order valence-corrected chi connectivity index (χ1v) is 8.87. The van der Waals surface area contributed by atoms with Gasteiger partial charge in [0.05, 0.1) is 0 Å². The Kier molecular flexibility index (Phi) is 4.68. The molecule has 1 fully saturated rings. The minimum atomic E-state index is -0.232. The summed E-state index contributed by atoms with van der Waals surface area (Å²) in [6.07, 6.45) is 7.52. The van der Waals surface area contributed by atoms with E-state index < -0.39 is 0 Å². The van der Waals surface area contributed by atoms with Gasteiger partial charge < -0.3 is 4.98 Å². The average molecular weight is 318 g/mol. The molecule has 0 bridgehead atoms. The molecule has 0 amide bonds. The topological polar surface area (TPSA) is 72.7 Å². The molecule has 6 heteroatoms. The van der Waals surface area contributed by atoms with Crippen molar-refractivity contribution in [2.24, 2.45) is 5.92 Å². The molecule has 0 aromatic carbocycles. The molecule has 6 nitrogen and oxygen atoms in total. The molecule has 0 unspecified atom stereocenters. The van der Waals surface area contributed by atoms with Crippen LogP contribution in [0.25, 0.3) is 11.2 Å². The van der Waals surface area contributed by atoms with Crippen LogP contribution in [0.2, 0.25) is 0 Å². The Balaban J connectivity index is 2.11. The fourth-order valence-corrected chi connectivity index (χ4v) is 3.64. The number of aromatic amines is 1. The van der Waals surface area contributed by atoms with Gasteiger partial charge in [-0.3, -0.25) is 13.9 Å². The fraction of sp³-hybridized carbons (Fsp3) is 0.706. The summed E-state index contributed by atoms with van der Waals surface area (Å²) in [5, 5.41) is 0. The maximum atomic E-state index is 12.6. The number of hydrogen-bond donors (Lipinski definition) is 1. The Bertz CT molecular complexity index is 793. The van der Waals surface area contributed by atoms with Crippen molar-refractivity contribution in [2.75, 3.05) is 0 Å². The average Bonchev–Trinajstić information content (AvgIpc) is 3.18. The van der Waals surface area contributed by atoms with Gasteiger partial charge in [0.2, 0.25) is 0 Å². The van der Waals surface area contributed by atoms with Crippen molar-refractivity contribution in [3.63, 3.8) is 0 Å². The van der Waals surface area contributed by atoms with E-state index in [1.165, 1.54) is 30.3 Å². The third-order valence-corrected chi connectivity index (χ3v) is 4.76. The monoisotopic (exact) mass is 318 g/mol. The predicted octanol–water partition coefficient (Wildman–Crippen LogP) is 2.44. The summed E-state index contributed by atoms with van der Waals surface area (Å²) in [6.45, 7) is 5.04.